The van der Waals surface area contributed by atoms with Crippen molar-refractivity contribution >= 4 is 5.95 Å². The number of imidazole rings is 1. The maximum Gasteiger partial charge on any atom is 0.203 e. The van der Waals surface area contributed by atoms with Crippen LogP contribution in [0.25, 0.3) is 0 Å². The Kier molecular flexibility index (Phi) is 5.32. The van der Waals surface area contributed by atoms with Crippen molar-refractivity contribution in [3.05, 3.63) is 11.9 Å². The molecule has 1 aromatic heterocycles. The molecule has 1 heterocycles. The predicted octanol–water partition coefficient (Wildman–Crippen LogP) is 2.30. The van der Waals surface area contributed by atoms with Gasteiger partial charge in [-0.05, 0) is 12.8 Å². The molecule has 1 atom stereocenters. The van der Waals surface area contributed by atoms with Crippen molar-refractivity contribution in [2.45, 2.75) is 33.7 Å². The van der Waals surface area contributed by atoms with Gasteiger partial charge >= 0.3 is 0 Å². The summed E-state index contributed by atoms with van der Waals surface area (Å²) in [5, 5.41) is 3.29. The fraction of sp³-hybridized carbons (Fsp3) is 0.750. The summed E-state index contributed by atoms with van der Waals surface area (Å²) in [6.45, 7) is 9.02. The molecule has 0 saturated carbocycles. The molecule has 0 amide bonds. The van der Waals surface area contributed by atoms with Gasteiger partial charge in [-0.2, -0.15) is 0 Å². The summed E-state index contributed by atoms with van der Waals surface area (Å²) in [5.74, 6) is 1.63. The molecule has 1 rings (SSSR count). The van der Waals surface area contributed by atoms with Gasteiger partial charge in [-0.1, -0.05) is 20.3 Å². The zero-order valence-electron chi connectivity index (χ0n) is 10.8. The first kappa shape index (κ1) is 13.0. The normalized spacial score (nSPS) is 12.8. The Hall–Kier alpha value is -1.03. The van der Waals surface area contributed by atoms with Crippen molar-refractivity contribution in [3.63, 3.8) is 0 Å². The maximum absolute atomic E-state index is 5.01. The van der Waals surface area contributed by atoms with Gasteiger partial charge in [-0.25, -0.2) is 4.98 Å². The Labute approximate surface area is 98.0 Å². The van der Waals surface area contributed by atoms with Crippen LogP contribution in [-0.2, 0) is 11.3 Å². The lowest BCUT2D eigenvalue weighted by Gasteiger charge is -2.13. The molecule has 16 heavy (non-hydrogen) atoms. The number of rotatable bonds is 7. The Morgan fingerprint density at radius 3 is 2.94 bits per heavy atom. The van der Waals surface area contributed by atoms with E-state index in [0.717, 1.165) is 24.7 Å². The molecule has 0 saturated heterocycles. The molecule has 0 radical (unpaired) electrons. The van der Waals surface area contributed by atoms with Gasteiger partial charge in [0.05, 0.1) is 12.3 Å². The standard InChI is InChI=1S/C12H23N3O/c1-5-10(2)8-15-9-11(3)14-12(15)13-6-7-16-4/h9-10H,5-8H2,1-4H3,(H,13,14). The van der Waals surface area contributed by atoms with E-state index in [0.29, 0.717) is 12.5 Å². The molecule has 0 aliphatic heterocycles. The van der Waals surface area contributed by atoms with Crippen molar-refractivity contribution in [1.29, 1.82) is 0 Å². The van der Waals surface area contributed by atoms with Gasteiger partial charge in [0.25, 0.3) is 0 Å². The number of hydrogen-bond acceptors (Lipinski definition) is 3. The summed E-state index contributed by atoms with van der Waals surface area (Å²) in [6, 6.07) is 0. The molecule has 0 aromatic carbocycles. The molecule has 1 aromatic rings. The van der Waals surface area contributed by atoms with E-state index in [1.165, 1.54) is 6.42 Å². The molecule has 0 spiro atoms. The summed E-state index contributed by atoms with van der Waals surface area (Å²) in [7, 11) is 1.71. The number of aryl methyl sites for hydroxylation is 1. The molecular formula is C12H23N3O. The molecule has 4 nitrogen and oxygen atoms in total. The lowest BCUT2D eigenvalue weighted by atomic mass is 10.1. The highest BCUT2D eigenvalue weighted by atomic mass is 16.5. The summed E-state index contributed by atoms with van der Waals surface area (Å²) in [5.41, 5.74) is 1.06. The van der Waals surface area contributed by atoms with Crippen LogP contribution >= 0.6 is 0 Å². The molecule has 1 unspecified atom stereocenters. The highest BCUT2D eigenvalue weighted by Gasteiger charge is 2.07. The second-order valence-electron chi connectivity index (χ2n) is 4.29. The molecule has 0 aliphatic carbocycles. The second-order valence-corrected chi connectivity index (χ2v) is 4.29. The van der Waals surface area contributed by atoms with Crippen LogP contribution in [0.1, 0.15) is 26.0 Å². The van der Waals surface area contributed by atoms with E-state index in [1.54, 1.807) is 7.11 Å². The third kappa shape index (κ3) is 3.85. The van der Waals surface area contributed by atoms with Gasteiger partial charge in [-0.15, -0.1) is 0 Å². The molecule has 0 fully saturated rings. The summed E-state index contributed by atoms with van der Waals surface area (Å²) >= 11 is 0. The van der Waals surface area contributed by atoms with E-state index in [-0.39, 0.29) is 0 Å². The van der Waals surface area contributed by atoms with Crippen LogP contribution in [0.3, 0.4) is 0 Å². The Bertz CT molecular complexity index is 309. The number of nitrogens with one attached hydrogen (secondary N) is 1. The lowest BCUT2D eigenvalue weighted by Crippen LogP contribution is -2.14. The first-order chi connectivity index (χ1) is 7.67. The Morgan fingerprint density at radius 2 is 2.31 bits per heavy atom. The maximum atomic E-state index is 5.01. The van der Waals surface area contributed by atoms with Gasteiger partial charge in [-0.3, -0.25) is 0 Å². The van der Waals surface area contributed by atoms with E-state index in [9.17, 15) is 0 Å². The van der Waals surface area contributed by atoms with Gasteiger partial charge in [0.15, 0.2) is 0 Å². The molecule has 0 bridgehead atoms. The molecule has 0 aliphatic rings. The number of ether oxygens (including phenoxy) is 1. The first-order valence-electron chi connectivity index (χ1n) is 5.94. The van der Waals surface area contributed by atoms with Crippen LogP contribution in [0.15, 0.2) is 6.20 Å². The van der Waals surface area contributed by atoms with Crippen molar-refractivity contribution < 1.29 is 4.74 Å². The minimum Gasteiger partial charge on any atom is -0.383 e. The highest BCUT2D eigenvalue weighted by Crippen LogP contribution is 2.13. The number of anilines is 1. The average molecular weight is 225 g/mol. The lowest BCUT2D eigenvalue weighted by molar-refractivity contribution is 0.210. The van der Waals surface area contributed by atoms with Crippen molar-refractivity contribution in [2.24, 2.45) is 5.92 Å². The monoisotopic (exact) mass is 225 g/mol. The predicted molar refractivity (Wildman–Crippen MR) is 66.8 cm³/mol. The van der Waals surface area contributed by atoms with E-state index in [2.05, 4.69) is 34.9 Å². The largest absolute Gasteiger partial charge is 0.383 e. The van der Waals surface area contributed by atoms with Crippen LogP contribution < -0.4 is 5.32 Å². The van der Waals surface area contributed by atoms with Crippen LogP contribution in [0.4, 0.5) is 5.95 Å². The minimum absolute atomic E-state index is 0.677. The van der Waals surface area contributed by atoms with Crippen LogP contribution in [-0.4, -0.2) is 29.8 Å². The summed E-state index contributed by atoms with van der Waals surface area (Å²) in [6.07, 6.45) is 3.29. The van der Waals surface area contributed by atoms with Gasteiger partial charge < -0.3 is 14.6 Å². The quantitative estimate of drug-likeness (QED) is 0.724. The fourth-order valence-electron chi connectivity index (χ4n) is 1.56. The fourth-order valence-corrected chi connectivity index (χ4v) is 1.56. The minimum atomic E-state index is 0.677. The first-order valence-corrected chi connectivity index (χ1v) is 5.94. The van der Waals surface area contributed by atoms with Gasteiger partial charge in [0.1, 0.15) is 0 Å². The van der Waals surface area contributed by atoms with Crippen molar-refractivity contribution in [3.8, 4) is 0 Å². The Morgan fingerprint density at radius 1 is 1.56 bits per heavy atom. The van der Waals surface area contributed by atoms with E-state index in [4.69, 9.17) is 4.74 Å². The van der Waals surface area contributed by atoms with E-state index >= 15 is 0 Å². The van der Waals surface area contributed by atoms with Crippen molar-refractivity contribution in [2.75, 3.05) is 25.6 Å². The molecular weight excluding hydrogens is 202 g/mol. The average Bonchev–Trinajstić information content (AvgIpc) is 2.59. The van der Waals surface area contributed by atoms with Crippen LogP contribution in [0, 0.1) is 12.8 Å². The SMILES string of the molecule is CCC(C)Cn1cc(C)nc1NCCOC. The van der Waals surface area contributed by atoms with Crippen LogP contribution in [0.5, 0.6) is 0 Å². The summed E-state index contributed by atoms with van der Waals surface area (Å²) in [4.78, 5) is 4.47. The second kappa shape index (κ2) is 6.53. The van der Waals surface area contributed by atoms with Crippen LogP contribution in [0.2, 0.25) is 0 Å². The topological polar surface area (TPSA) is 39.1 Å². The molecule has 92 valence electrons. The zero-order valence-corrected chi connectivity index (χ0v) is 10.8. The molecule has 4 heteroatoms. The third-order valence-electron chi connectivity index (χ3n) is 2.69. The zero-order chi connectivity index (χ0) is 12.0. The molecule has 1 N–H and O–H groups in total. The third-order valence-corrected chi connectivity index (χ3v) is 2.69. The number of aromatic nitrogens is 2. The smallest absolute Gasteiger partial charge is 0.203 e. The van der Waals surface area contributed by atoms with Crippen molar-refractivity contribution in [1.82, 2.24) is 9.55 Å². The van der Waals surface area contributed by atoms with E-state index in [1.807, 2.05) is 6.92 Å². The van der Waals surface area contributed by atoms with E-state index < -0.39 is 0 Å². The number of nitrogens with zero attached hydrogens (tertiary/aromatic N) is 2. The number of hydrogen-bond donors (Lipinski definition) is 1. The van der Waals surface area contributed by atoms with Gasteiger partial charge in [0, 0.05) is 26.4 Å². The highest BCUT2D eigenvalue weighted by molar-refractivity contribution is 5.28. The Balaban J connectivity index is 2.60. The van der Waals surface area contributed by atoms with Gasteiger partial charge in [0.2, 0.25) is 5.95 Å². The summed E-state index contributed by atoms with van der Waals surface area (Å²) < 4.78 is 7.21. The number of methoxy groups -OCH3 is 1.